The molecule has 12 heteroatoms. The van der Waals surface area contributed by atoms with Gasteiger partial charge >= 0.3 is 21.7 Å². The molecule has 2 amide bonds. The van der Waals surface area contributed by atoms with Crippen LogP contribution in [0.4, 0.5) is 18.0 Å². The highest BCUT2D eigenvalue weighted by atomic mass is 32.2. The van der Waals surface area contributed by atoms with Crippen LogP contribution < -0.4 is 9.50 Å². The fraction of sp³-hybridized carbons (Fsp3) is 0.692. The maximum absolute atomic E-state index is 12.4. The van der Waals surface area contributed by atoms with Crippen LogP contribution in [-0.4, -0.2) is 54.3 Å². The predicted octanol–water partition coefficient (Wildman–Crippen LogP) is 1.19. The molecule has 2 aliphatic heterocycles. The normalized spacial score (nSPS) is 23.1. The summed E-state index contributed by atoms with van der Waals surface area (Å²) in [5.41, 5.74) is -5.37. The molecule has 3 heterocycles. The SMILES string of the molecule is CCNC(=O)N1CC[C@@]2(CCn3nc(OS(=O)(=O)C(F)(F)F)cc32)C1. The van der Waals surface area contributed by atoms with E-state index in [-0.39, 0.29) is 6.03 Å². The van der Waals surface area contributed by atoms with E-state index >= 15 is 0 Å². The minimum Gasteiger partial charge on any atom is -0.354 e. The van der Waals surface area contributed by atoms with Crippen LogP contribution in [0.3, 0.4) is 0 Å². The maximum atomic E-state index is 12.4. The number of urea groups is 1. The lowest BCUT2D eigenvalue weighted by atomic mass is 9.83. The Labute approximate surface area is 142 Å². The third-order valence-electron chi connectivity index (χ3n) is 4.55. The van der Waals surface area contributed by atoms with Gasteiger partial charge < -0.3 is 14.4 Å². The average Bonchev–Trinajstić information content (AvgIpc) is 3.15. The second kappa shape index (κ2) is 5.78. The van der Waals surface area contributed by atoms with Crippen LogP contribution in [0.2, 0.25) is 0 Å². The van der Waals surface area contributed by atoms with Gasteiger partial charge in [-0.3, -0.25) is 4.68 Å². The van der Waals surface area contributed by atoms with Gasteiger partial charge in [0.2, 0.25) is 0 Å². The third-order valence-corrected chi connectivity index (χ3v) is 5.51. The van der Waals surface area contributed by atoms with Gasteiger partial charge in [0.25, 0.3) is 5.88 Å². The first-order chi connectivity index (χ1) is 11.6. The number of fused-ring (bicyclic) bond motifs is 2. The lowest BCUT2D eigenvalue weighted by molar-refractivity contribution is -0.0501. The van der Waals surface area contributed by atoms with Crippen LogP contribution in [0.1, 0.15) is 25.5 Å². The molecule has 0 radical (unpaired) electrons. The van der Waals surface area contributed by atoms with Crippen molar-refractivity contribution in [1.29, 1.82) is 0 Å². The fourth-order valence-corrected chi connectivity index (χ4v) is 3.76. The minimum atomic E-state index is -5.76. The van der Waals surface area contributed by atoms with E-state index in [1.165, 1.54) is 10.7 Å². The number of carbonyl (C=O) groups is 1. The first-order valence-corrected chi connectivity index (χ1v) is 9.11. The molecular formula is C13H17F3N4O4S. The zero-order valence-electron chi connectivity index (χ0n) is 13.3. The molecule has 25 heavy (non-hydrogen) atoms. The summed E-state index contributed by atoms with van der Waals surface area (Å²) in [5, 5.41) is 6.52. The van der Waals surface area contributed by atoms with Gasteiger partial charge in [-0.1, -0.05) is 0 Å². The molecule has 140 valence electrons. The minimum absolute atomic E-state index is 0.200. The van der Waals surface area contributed by atoms with Gasteiger partial charge in [-0.2, -0.15) is 21.6 Å². The number of nitrogens with one attached hydrogen (secondary N) is 1. The van der Waals surface area contributed by atoms with Crippen LogP contribution >= 0.6 is 0 Å². The summed E-state index contributed by atoms with van der Waals surface area (Å²) >= 11 is 0. The summed E-state index contributed by atoms with van der Waals surface area (Å²) in [5.74, 6) is -0.608. The van der Waals surface area contributed by atoms with Crippen molar-refractivity contribution in [2.45, 2.75) is 37.2 Å². The van der Waals surface area contributed by atoms with Crippen LogP contribution in [-0.2, 0) is 22.1 Å². The van der Waals surface area contributed by atoms with Gasteiger partial charge in [-0.05, 0) is 19.8 Å². The number of alkyl halides is 3. The number of nitrogens with zero attached hydrogens (tertiary/aromatic N) is 3. The molecule has 1 atom stereocenters. The van der Waals surface area contributed by atoms with Crippen molar-refractivity contribution >= 4 is 16.1 Å². The van der Waals surface area contributed by atoms with Crippen LogP contribution in [0, 0.1) is 0 Å². The molecule has 0 aromatic carbocycles. The largest absolute Gasteiger partial charge is 0.534 e. The summed E-state index contributed by atoms with van der Waals surface area (Å²) in [6, 6.07) is 1.02. The zero-order valence-corrected chi connectivity index (χ0v) is 14.2. The summed E-state index contributed by atoms with van der Waals surface area (Å²) in [4.78, 5) is 13.6. The fourth-order valence-electron chi connectivity index (χ4n) is 3.36. The van der Waals surface area contributed by atoms with Gasteiger partial charge in [0.05, 0.1) is 5.69 Å². The monoisotopic (exact) mass is 382 g/mol. The van der Waals surface area contributed by atoms with E-state index in [0.717, 1.165) is 0 Å². The molecule has 0 unspecified atom stereocenters. The topological polar surface area (TPSA) is 93.5 Å². The molecule has 0 bridgehead atoms. The van der Waals surface area contributed by atoms with E-state index in [1.807, 2.05) is 0 Å². The van der Waals surface area contributed by atoms with Crippen LogP contribution in [0.5, 0.6) is 5.88 Å². The Hall–Kier alpha value is -1.98. The summed E-state index contributed by atoms with van der Waals surface area (Å²) in [6.07, 6.45) is 1.30. The number of aromatic nitrogens is 2. The smallest absolute Gasteiger partial charge is 0.354 e. The molecule has 1 N–H and O–H groups in total. The van der Waals surface area contributed by atoms with E-state index in [9.17, 15) is 26.4 Å². The first kappa shape index (κ1) is 17.8. The Balaban J connectivity index is 1.81. The second-order valence-corrected chi connectivity index (χ2v) is 7.65. The van der Waals surface area contributed by atoms with Gasteiger partial charge in [0.15, 0.2) is 0 Å². The highest BCUT2D eigenvalue weighted by Gasteiger charge is 2.50. The Kier molecular flexibility index (Phi) is 4.12. The molecule has 1 saturated heterocycles. The van der Waals surface area contributed by atoms with Gasteiger partial charge in [0.1, 0.15) is 0 Å². The Morgan fingerprint density at radius 3 is 2.72 bits per heavy atom. The molecule has 1 spiro atoms. The summed E-state index contributed by atoms with van der Waals surface area (Å²) < 4.78 is 65.1. The highest BCUT2D eigenvalue weighted by molar-refractivity contribution is 7.87. The second-order valence-electron chi connectivity index (χ2n) is 6.11. The molecular weight excluding hydrogens is 365 g/mol. The lowest BCUT2D eigenvalue weighted by Crippen LogP contribution is -2.40. The number of hydrogen-bond donors (Lipinski definition) is 1. The van der Waals surface area contributed by atoms with E-state index in [1.54, 1.807) is 11.8 Å². The Morgan fingerprint density at radius 1 is 1.40 bits per heavy atom. The number of hydrogen-bond acceptors (Lipinski definition) is 5. The highest BCUT2D eigenvalue weighted by Crippen LogP contribution is 2.44. The van der Waals surface area contributed by atoms with Crippen molar-refractivity contribution in [2.24, 2.45) is 0 Å². The standard InChI is InChI=1S/C13H17F3N4O4S/c1-2-17-11(21)19-5-3-12(8-19)4-6-20-9(12)7-10(18-20)24-25(22,23)13(14,15)16/h7H,2-6,8H2,1H3,(H,17,21)/t12-/m1/s1. The number of halogens is 3. The Bertz CT molecular complexity index is 792. The maximum Gasteiger partial charge on any atom is 0.534 e. The van der Waals surface area contributed by atoms with Crippen molar-refractivity contribution in [3.8, 4) is 5.88 Å². The van der Waals surface area contributed by atoms with Crippen LogP contribution in [0.25, 0.3) is 0 Å². The molecule has 3 rings (SSSR count). The van der Waals surface area contributed by atoms with Gasteiger partial charge in [-0.25, -0.2) is 4.79 Å². The summed E-state index contributed by atoms with van der Waals surface area (Å²) in [6.45, 7) is 3.63. The van der Waals surface area contributed by atoms with E-state index in [4.69, 9.17) is 0 Å². The van der Waals surface area contributed by atoms with Crippen molar-refractivity contribution < 1.29 is 30.6 Å². The number of carbonyl (C=O) groups excluding carboxylic acids is 1. The van der Waals surface area contributed by atoms with Crippen molar-refractivity contribution in [3.05, 3.63) is 11.8 Å². The molecule has 0 aliphatic carbocycles. The molecule has 8 nitrogen and oxygen atoms in total. The third kappa shape index (κ3) is 3.02. The van der Waals surface area contributed by atoms with Crippen molar-refractivity contribution in [2.75, 3.05) is 19.6 Å². The summed E-state index contributed by atoms with van der Waals surface area (Å²) in [7, 11) is -5.76. The quantitative estimate of drug-likeness (QED) is 0.626. The van der Waals surface area contributed by atoms with Crippen LogP contribution in [0.15, 0.2) is 6.07 Å². The van der Waals surface area contributed by atoms with E-state index in [0.29, 0.717) is 44.7 Å². The predicted molar refractivity (Wildman–Crippen MR) is 79.4 cm³/mol. The van der Waals surface area contributed by atoms with Crippen molar-refractivity contribution in [1.82, 2.24) is 20.0 Å². The lowest BCUT2D eigenvalue weighted by Gasteiger charge is -2.23. The van der Waals surface area contributed by atoms with E-state index in [2.05, 4.69) is 14.6 Å². The molecule has 0 saturated carbocycles. The number of amides is 2. The molecule has 1 aromatic heterocycles. The molecule has 1 fully saturated rings. The molecule has 1 aromatic rings. The van der Waals surface area contributed by atoms with E-state index < -0.39 is 26.9 Å². The van der Waals surface area contributed by atoms with Gasteiger partial charge in [-0.15, -0.1) is 5.10 Å². The Morgan fingerprint density at radius 2 is 2.08 bits per heavy atom. The zero-order chi connectivity index (χ0) is 18.5. The van der Waals surface area contributed by atoms with Crippen molar-refractivity contribution in [3.63, 3.8) is 0 Å². The molecule has 2 aliphatic rings. The number of likely N-dealkylation sites (tertiary alicyclic amines) is 1. The number of aryl methyl sites for hydroxylation is 1. The number of rotatable bonds is 3. The van der Waals surface area contributed by atoms with Gasteiger partial charge in [0, 0.05) is 37.7 Å². The first-order valence-electron chi connectivity index (χ1n) is 7.70. The average molecular weight is 382 g/mol.